The molecule has 0 N–H and O–H groups in total. The lowest BCUT2D eigenvalue weighted by Crippen LogP contribution is -2.41. The molecule has 0 radical (unpaired) electrons. The molecule has 4 rings (SSSR count). The first kappa shape index (κ1) is 19.2. The molecule has 148 valence electrons. The van der Waals surface area contributed by atoms with E-state index in [2.05, 4.69) is 4.98 Å². The van der Waals surface area contributed by atoms with E-state index in [1.54, 1.807) is 0 Å². The molecule has 1 aromatic heterocycles. The number of benzene rings is 2. The Morgan fingerprint density at radius 1 is 1.03 bits per heavy atom. The van der Waals surface area contributed by atoms with Crippen LogP contribution in [0.1, 0.15) is 22.4 Å². The fourth-order valence-electron chi connectivity index (χ4n) is 3.36. The van der Waals surface area contributed by atoms with E-state index in [1.165, 1.54) is 9.47 Å². The number of carbonyl (C=O) groups excluding carboxylic acids is 1. The number of carbonyl (C=O) groups is 1. The molecule has 1 aliphatic rings. The van der Waals surface area contributed by atoms with E-state index in [4.69, 9.17) is 16.3 Å². The minimum absolute atomic E-state index is 0.165. The van der Waals surface area contributed by atoms with Crippen molar-refractivity contribution in [3.8, 4) is 0 Å². The molecule has 6 nitrogen and oxygen atoms in total. The summed E-state index contributed by atoms with van der Waals surface area (Å²) >= 11 is 6.28. The van der Waals surface area contributed by atoms with Crippen molar-refractivity contribution in [2.75, 3.05) is 6.54 Å². The van der Waals surface area contributed by atoms with Crippen LogP contribution in [0.15, 0.2) is 65.5 Å². The minimum atomic E-state index is -0.441. The standard InChI is InChI=1S/C22H20ClN3O3/c23-21-24-19-11-12-25(22(28)29-15-17-9-5-2-6-10-17)14-18(19)20(27)26(21)13-16-7-3-1-4-8-16/h1-10H,11-15H2. The molecule has 0 spiro atoms. The highest BCUT2D eigenvalue weighted by atomic mass is 35.5. The topological polar surface area (TPSA) is 64.4 Å². The lowest BCUT2D eigenvalue weighted by atomic mass is 10.1. The minimum Gasteiger partial charge on any atom is -0.445 e. The van der Waals surface area contributed by atoms with Gasteiger partial charge in [-0.25, -0.2) is 9.78 Å². The summed E-state index contributed by atoms with van der Waals surface area (Å²) in [5, 5.41) is 0.165. The highest BCUT2D eigenvalue weighted by molar-refractivity contribution is 6.28. The van der Waals surface area contributed by atoms with E-state index < -0.39 is 6.09 Å². The molecule has 7 heteroatoms. The number of rotatable bonds is 4. The smallest absolute Gasteiger partial charge is 0.410 e. The second-order valence-electron chi connectivity index (χ2n) is 6.89. The third-order valence-corrected chi connectivity index (χ3v) is 5.20. The highest BCUT2D eigenvalue weighted by Crippen LogP contribution is 2.18. The van der Waals surface area contributed by atoms with Crippen LogP contribution in [-0.2, 0) is 30.9 Å². The Morgan fingerprint density at radius 2 is 1.69 bits per heavy atom. The predicted molar refractivity (Wildman–Crippen MR) is 110 cm³/mol. The van der Waals surface area contributed by atoms with Gasteiger partial charge in [0.15, 0.2) is 0 Å². The fourth-order valence-corrected chi connectivity index (χ4v) is 3.59. The van der Waals surface area contributed by atoms with Gasteiger partial charge in [0.25, 0.3) is 5.56 Å². The molecule has 0 saturated heterocycles. The molecule has 2 aromatic carbocycles. The summed E-state index contributed by atoms with van der Waals surface area (Å²) < 4.78 is 6.84. The summed E-state index contributed by atoms with van der Waals surface area (Å²) in [7, 11) is 0. The van der Waals surface area contributed by atoms with Crippen molar-refractivity contribution in [1.29, 1.82) is 0 Å². The van der Waals surface area contributed by atoms with Crippen molar-refractivity contribution in [2.45, 2.75) is 26.1 Å². The maximum atomic E-state index is 13.0. The van der Waals surface area contributed by atoms with Gasteiger partial charge in [0.2, 0.25) is 5.28 Å². The molecule has 0 atom stereocenters. The summed E-state index contributed by atoms with van der Waals surface area (Å²) in [6.07, 6.45) is 0.0279. The van der Waals surface area contributed by atoms with Crippen molar-refractivity contribution < 1.29 is 9.53 Å². The Morgan fingerprint density at radius 3 is 2.38 bits per heavy atom. The zero-order chi connectivity index (χ0) is 20.2. The van der Waals surface area contributed by atoms with Gasteiger partial charge in [-0.15, -0.1) is 0 Å². The number of nitrogens with zero attached hydrogens (tertiary/aromatic N) is 3. The average Bonchev–Trinajstić information content (AvgIpc) is 2.76. The van der Waals surface area contributed by atoms with E-state index in [0.717, 1.165) is 11.1 Å². The number of ether oxygens (including phenoxy) is 1. The zero-order valence-electron chi connectivity index (χ0n) is 15.8. The van der Waals surface area contributed by atoms with Gasteiger partial charge in [-0.2, -0.15) is 0 Å². The summed E-state index contributed by atoms with van der Waals surface area (Å²) in [5.74, 6) is 0. The van der Waals surface area contributed by atoms with Crippen LogP contribution >= 0.6 is 11.6 Å². The number of fused-ring (bicyclic) bond motifs is 1. The SMILES string of the molecule is O=C(OCc1ccccc1)N1CCc2nc(Cl)n(Cc3ccccc3)c(=O)c2C1. The largest absolute Gasteiger partial charge is 0.445 e. The predicted octanol–water partition coefficient (Wildman–Crippen LogP) is 3.64. The van der Waals surface area contributed by atoms with Crippen molar-refractivity contribution in [2.24, 2.45) is 0 Å². The molecular weight excluding hydrogens is 390 g/mol. The lowest BCUT2D eigenvalue weighted by Gasteiger charge is -2.27. The first-order valence-electron chi connectivity index (χ1n) is 9.39. The van der Waals surface area contributed by atoms with Gasteiger partial charge in [0.1, 0.15) is 6.61 Å². The first-order valence-corrected chi connectivity index (χ1v) is 9.77. The van der Waals surface area contributed by atoms with Crippen LogP contribution in [0.5, 0.6) is 0 Å². The van der Waals surface area contributed by atoms with Crippen LogP contribution in [-0.4, -0.2) is 27.1 Å². The Hall–Kier alpha value is -3.12. The van der Waals surface area contributed by atoms with Gasteiger partial charge in [-0.05, 0) is 22.7 Å². The van der Waals surface area contributed by atoms with Crippen molar-refractivity contribution in [3.63, 3.8) is 0 Å². The number of aromatic nitrogens is 2. The normalized spacial score (nSPS) is 13.1. The van der Waals surface area contributed by atoms with Gasteiger partial charge >= 0.3 is 6.09 Å². The second-order valence-corrected chi connectivity index (χ2v) is 7.23. The Balaban J connectivity index is 1.51. The molecule has 1 aliphatic heterocycles. The van der Waals surface area contributed by atoms with E-state index >= 15 is 0 Å². The summed E-state index contributed by atoms with van der Waals surface area (Å²) in [4.78, 5) is 31.5. The van der Waals surface area contributed by atoms with Gasteiger partial charge in [0.05, 0.1) is 24.3 Å². The maximum absolute atomic E-state index is 13.0. The quantitative estimate of drug-likeness (QED) is 0.617. The van der Waals surface area contributed by atoms with Crippen LogP contribution in [0, 0.1) is 0 Å². The van der Waals surface area contributed by atoms with Gasteiger partial charge in [-0.3, -0.25) is 9.36 Å². The molecule has 29 heavy (non-hydrogen) atoms. The third-order valence-electron chi connectivity index (χ3n) is 4.92. The van der Waals surface area contributed by atoms with Crippen molar-refractivity contribution in [3.05, 3.63) is 98.7 Å². The van der Waals surface area contributed by atoms with E-state index in [0.29, 0.717) is 30.8 Å². The van der Waals surface area contributed by atoms with Gasteiger partial charge in [0, 0.05) is 13.0 Å². The van der Waals surface area contributed by atoms with E-state index in [-0.39, 0.29) is 24.0 Å². The number of amides is 1. The van der Waals surface area contributed by atoms with E-state index in [1.807, 2.05) is 60.7 Å². The molecule has 3 aromatic rings. The molecule has 0 aliphatic carbocycles. The first-order chi connectivity index (χ1) is 14.1. The summed E-state index contributed by atoms with van der Waals surface area (Å²) in [6.45, 7) is 1.13. The molecule has 2 heterocycles. The molecule has 1 amide bonds. The Kier molecular flexibility index (Phi) is 5.62. The number of hydrogen-bond donors (Lipinski definition) is 0. The molecule has 0 bridgehead atoms. The lowest BCUT2D eigenvalue weighted by molar-refractivity contribution is 0.0913. The van der Waals surface area contributed by atoms with Crippen LogP contribution in [0.4, 0.5) is 4.79 Å². The van der Waals surface area contributed by atoms with Crippen LogP contribution in [0.2, 0.25) is 5.28 Å². The maximum Gasteiger partial charge on any atom is 0.410 e. The van der Waals surface area contributed by atoms with Crippen molar-refractivity contribution >= 4 is 17.7 Å². The molecular formula is C22H20ClN3O3. The third kappa shape index (κ3) is 4.32. The summed E-state index contributed by atoms with van der Waals surface area (Å²) in [5.41, 5.74) is 2.79. The monoisotopic (exact) mass is 409 g/mol. The molecule has 0 unspecified atom stereocenters. The zero-order valence-corrected chi connectivity index (χ0v) is 16.5. The van der Waals surface area contributed by atoms with E-state index in [9.17, 15) is 9.59 Å². The Labute approximate surface area is 173 Å². The number of hydrogen-bond acceptors (Lipinski definition) is 4. The van der Waals surface area contributed by atoms with Gasteiger partial charge < -0.3 is 9.64 Å². The van der Waals surface area contributed by atoms with Crippen LogP contribution < -0.4 is 5.56 Å². The molecule has 0 fully saturated rings. The fraction of sp³-hybridized carbons (Fsp3) is 0.227. The van der Waals surface area contributed by atoms with Gasteiger partial charge in [-0.1, -0.05) is 60.7 Å². The van der Waals surface area contributed by atoms with Crippen molar-refractivity contribution in [1.82, 2.24) is 14.5 Å². The molecule has 0 saturated carbocycles. The highest BCUT2D eigenvalue weighted by Gasteiger charge is 2.27. The second kappa shape index (κ2) is 8.49. The Bertz CT molecular complexity index is 1070. The average molecular weight is 410 g/mol. The number of halogens is 1. The summed E-state index contributed by atoms with van der Waals surface area (Å²) in [6, 6.07) is 19.1. The van der Waals surface area contributed by atoms with Crippen LogP contribution in [0.3, 0.4) is 0 Å². The van der Waals surface area contributed by atoms with Crippen LogP contribution in [0.25, 0.3) is 0 Å².